The highest BCUT2D eigenvalue weighted by Crippen LogP contribution is 2.32. The summed E-state index contributed by atoms with van der Waals surface area (Å²) >= 11 is 0.763. The van der Waals surface area contributed by atoms with Crippen molar-refractivity contribution in [3.8, 4) is 5.75 Å². The van der Waals surface area contributed by atoms with E-state index in [1.165, 1.54) is 0 Å². The Morgan fingerprint density at radius 3 is 2.41 bits per heavy atom. The Morgan fingerprint density at radius 2 is 1.75 bits per heavy atom. The van der Waals surface area contributed by atoms with Crippen molar-refractivity contribution >= 4 is 46.5 Å². The number of amides is 3. The molecule has 1 saturated heterocycles. The summed E-state index contributed by atoms with van der Waals surface area (Å²) in [4.78, 5) is 49.1. The number of carbonyl (C=O) groups excluding carboxylic acids is 4. The van der Waals surface area contributed by atoms with Crippen LogP contribution in [0.1, 0.15) is 18.1 Å². The predicted molar refractivity (Wildman–Crippen MR) is 121 cm³/mol. The first-order chi connectivity index (χ1) is 15.4. The number of rotatable bonds is 8. The van der Waals surface area contributed by atoms with Crippen LogP contribution < -0.4 is 10.1 Å². The van der Waals surface area contributed by atoms with E-state index in [0.717, 1.165) is 22.2 Å². The largest absolute Gasteiger partial charge is 0.484 e. The molecule has 0 unspecified atom stereocenters. The van der Waals surface area contributed by atoms with E-state index >= 15 is 0 Å². The number of aryl methyl sites for hydroxylation is 1. The molecule has 0 aliphatic carbocycles. The molecule has 0 bridgehead atoms. The van der Waals surface area contributed by atoms with Gasteiger partial charge in [-0.25, -0.2) is 0 Å². The maximum absolute atomic E-state index is 12.4. The standard InChI is InChI=1S/C23H22N2O6S/c1-3-30-21(27)13-25-22(28)19(32-23(25)29)12-16-6-10-18(11-7-16)31-14-20(26)24-17-8-4-15(2)5-9-17/h4-12H,3,13-14H2,1-2H3,(H,24,26)/b19-12-. The van der Waals surface area contributed by atoms with Crippen molar-refractivity contribution in [1.82, 2.24) is 4.90 Å². The van der Waals surface area contributed by atoms with Gasteiger partial charge < -0.3 is 14.8 Å². The summed E-state index contributed by atoms with van der Waals surface area (Å²) in [5, 5.41) is 2.23. The summed E-state index contributed by atoms with van der Waals surface area (Å²) in [7, 11) is 0. The highest BCUT2D eigenvalue weighted by molar-refractivity contribution is 8.18. The van der Waals surface area contributed by atoms with Gasteiger partial charge in [0.1, 0.15) is 12.3 Å². The van der Waals surface area contributed by atoms with Gasteiger partial charge in [-0.2, -0.15) is 0 Å². The van der Waals surface area contributed by atoms with Crippen LogP contribution in [0.5, 0.6) is 5.75 Å². The van der Waals surface area contributed by atoms with Crippen LogP contribution >= 0.6 is 11.8 Å². The Bertz CT molecular complexity index is 1050. The monoisotopic (exact) mass is 454 g/mol. The number of benzene rings is 2. The maximum Gasteiger partial charge on any atom is 0.326 e. The summed E-state index contributed by atoms with van der Waals surface area (Å²) in [6, 6.07) is 14.2. The minimum Gasteiger partial charge on any atom is -0.484 e. The van der Waals surface area contributed by atoms with E-state index in [-0.39, 0.29) is 24.0 Å². The molecule has 1 fully saturated rings. The summed E-state index contributed by atoms with van der Waals surface area (Å²) in [5.41, 5.74) is 2.46. The zero-order valence-electron chi connectivity index (χ0n) is 17.6. The number of esters is 1. The van der Waals surface area contributed by atoms with Crippen molar-refractivity contribution in [2.45, 2.75) is 13.8 Å². The SMILES string of the molecule is CCOC(=O)CN1C(=O)S/C(=C\c2ccc(OCC(=O)Nc3ccc(C)cc3)cc2)C1=O. The maximum atomic E-state index is 12.4. The van der Waals surface area contributed by atoms with E-state index in [9.17, 15) is 19.2 Å². The fraction of sp³-hybridized carbons (Fsp3) is 0.217. The summed E-state index contributed by atoms with van der Waals surface area (Å²) < 4.78 is 10.3. The minimum absolute atomic E-state index is 0.153. The summed E-state index contributed by atoms with van der Waals surface area (Å²) in [5.74, 6) is -0.977. The van der Waals surface area contributed by atoms with Crippen molar-refractivity contribution in [2.75, 3.05) is 25.1 Å². The molecular formula is C23H22N2O6S. The number of ether oxygens (including phenoxy) is 2. The van der Waals surface area contributed by atoms with E-state index in [0.29, 0.717) is 17.0 Å². The van der Waals surface area contributed by atoms with Gasteiger partial charge in [-0.1, -0.05) is 29.8 Å². The van der Waals surface area contributed by atoms with Crippen LogP contribution in [0.25, 0.3) is 6.08 Å². The van der Waals surface area contributed by atoms with Crippen LogP contribution in [0.2, 0.25) is 0 Å². The van der Waals surface area contributed by atoms with E-state index < -0.39 is 23.7 Å². The Kier molecular flexibility index (Phi) is 7.67. The second-order valence-electron chi connectivity index (χ2n) is 6.84. The molecule has 3 rings (SSSR count). The van der Waals surface area contributed by atoms with E-state index in [2.05, 4.69) is 5.32 Å². The number of carbonyl (C=O) groups is 4. The molecule has 1 aliphatic rings. The Morgan fingerprint density at radius 1 is 1.06 bits per heavy atom. The fourth-order valence-corrected chi connectivity index (χ4v) is 3.60. The van der Waals surface area contributed by atoms with Gasteiger partial charge in [-0.3, -0.25) is 24.1 Å². The van der Waals surface area contributed by atoms with Gasteiger partial charge in [0, 0.05) is 5.69 Å². The van der Waals surface area contributed by atoms with Crippen molar-refractivity contribution in [3.05, 3.63) is 64.6 Å². The van der Waals surface area contributed by atoms with Crippen LogP contribution in [0.4, 0.5) is 10.5 Å². The van der Waals surface area contributed by atoms with E-state index in [4.69, 9.17) is 9.47 Å². The lowest BCUT2D eigenvalue weighted by Crippen LogP contribution is -2.34. The first-order valence-corrected chi connectivity index (χ1v) is 10.7. The molecule has 3 amide bonds. The van der Waals surface area contributed by atoms with Crippen LogP contribution in [-0.2, 0) is 19.1 Å². The first-order valence-electron chi connectivity index (χ1n) is 9.86. The average Bonchev–Trinajstić information content (AvgIpc) is 3.02. The van der Waals surface area contributed by atoms with Crippen molar-refractivity contribution < 1.29 is 28.7 Å². The normalized spacial score (nSPS) is 14.6. The predicted octanol–water partition coefficient (Wildman–Crippen LogP) is 3.61. The van der Waals surface area contributed by atoms with Crippen LogP contribution in [0.15, 0.2) is 53.4 Å². The summed E-state index contributed by atoms with van der Waals surface area (Å²) in [6.45, 7) is 3.22. The number of thioether (sulfide) groups is 1. The third kappa shape index (κ3) is 6.21. The number of imide groups is 1. The third-order valence-electron chi connectivity index (χ3n) is 4.35. The third-order valence-corrected chi connectivity index (χ3v) is 5.26. The number of hydrogen-bond acceptors (Lipinski definition) is 7. The lowest BCUT2D eigenvalue weighted by atomic mass is 10.2. The zero-order chi connectivity index (χ0) is 23.1. The van der Waals surface area contributed by atoms with Gasteiger partial charge in [-0.15, -0.1) is 0 Å². The number of hydrogen-bond donors (Lipinski definition) is 1. The van der Waals surface area contributed by atoms with E-state index in [1.54, 1.807) is 37.3 Å². The second kappa shape index (κ2) is 10.6. The molecule has 1 heterocycles. The molecule has 1 N–H and O–H groups in total. The number of nitrogens with one attached hydrogen (secondary N) is 1. The highest BCUT2D eigenvalue weighted by atomic mass is 32.2. The average molecular weight is 455 g/mol. The smallest absolute Gasteiger partial charge is 0.326 e. The lowest BCUT2D eigenvalue weighted by molar-refractivity contribution is -0.146. The van der Waals surface area contributed by atoms with Gasteiger partial charge in [0.15, 0.2) is 6.61 Å². The van der Waals surface area contributed by atoms with E-state index in [1.807, 2.05) is 31.2 Å². The van der Waals surface area contributed by atoms with Crippen molar-refractivity contribution in [3.63, 3.8) is 0 Å². The molecule has 1 aliphatic heterocycles. The molecule has 2 aromatic carbocycles. The topological polar surface area (TPSA) is 102 Å². The van der Waals surface area contributed by atoms with Crippen molar-refractivity contribution in [1.29, 1.82) is 0 Å². The number of nitrogens with zero attached hydrogens (tertiary/aromatic N) is 1. The molecule has 0 atom stereocenters. The minimum atomic E-state index is -0.635. The first kappa shape index (κ1) is 23.1. The van der Waals surface area contributed by atoms with Gasteiger partial charge in [-0.05, 0) is 61.5 Å². The number of anilines is 1. The molecule has 0 saturated carbocycles. The fourth-order valence-electron chi connectivity index (χ4n) is 2.77. The van der Waals surface area contributed by atoms with Gasteiger partial charge in [0.2, 0.25) is 0 Å². The van der Waals surface area contributed by atoms with Gasteiger partial charge >= 0.3 is 5.97 Å². The Hall–Kier alpha value is -3.59. The Balaban J connectivity index is 1.55. The second-order valence-corrected chi connectivity index (χ2v) is 7.84. The highest BCUT2D eigenvalue weighted by Gasteiger charge is 2.36. The van der Waals surface area contributed by atoms with Crippen LogP contribution in [0, 0.1) is 6.92 Å². The quantitative estimate of drug-likeness (QED) is 0.480. The zero-order valence-corrected chi connectivity index (χ0v) is 18.4. The Labute approximate surface area is 189 Å². The molecule has 0 spiro atoms. The molecule has 9 heteroatoms. The van der Waals surface area contributed by atoms with Gasteiger partial charge in [0.25, 0.3) is 17.1 Å². The van der Waals surface area contributed by atoms with Crippen LogP contribution in [0.3, 0.4) is 0 Å². The molecule has 0 radical (unpaired) electrons. The molecule has 166 valence electrons. The molecule has 32 heavy (non-hydrogen) atoms. The van der Waals surface area contributed by atoms with Crippen molar-refractivity contribution in [2.24, 2.45) is 0 Å². The molecule has 0 aromatic heterocycles. The van der Waals surface area contributed by atoms with Gasteiger partial charge in [0.05, 0.1) is 11.5 Å². The molecule has 8 nitrogen and oxygen atoms in total. The molecular weight excluding hydrogens is 432 g/mol. The lowest BCUT2D eigenvalue weighted by Gasteiger charge is -2.10. The molecule has 2 aromatic rings. The summed E-state index contributed by atoms with van der Waals surface area (Å²) in [6.07, 6.45) is 1.56. The van der Waals surface area contributed by atoms with Crippen LogP contribution in [-0.4, -0.2) is 47.7 Å².